The zero-order chi connectivity index (χ0) is 28.7. The van der Waals surface area contributed by atoms with Crippen LogP contribution >= 0.6 is 18.7 Å². The Morgan fingerprint density at radius 1 is 1.15 bits per heavy atom. The lowest BCUT2D eigenvalue weighted by molar-refractivity contribution is -0.0695. The predicted octanol–water partition coefficient (Wildman–Crippen LogP) is 4.22. The number of nitrogens with zero attached hydrogens (tertiary/aromatic N) is 3. The highest BCUT2D eigenvalue weighted by Crippen LogP contribution is 2.41. The largest absolute Gasteiger partial charge is 0.495 e. The maximum atomic E-state index is 13.1. The molecule has 0 radical (unpaired) electrons. The number of anilines is 4. The molecule has 3 heterocycles. The molecule has 0 spiro atoms. The van der Waals surface area contributed by atoms with Crippen LogP contribution < -0.4 is 24.9 Å². The van der Waals surface area contributed by atoms with Crippen LogP contribution in [0.3, 0.4) is 0 Å². The van der Waals surface area contributed by atoms with E-state index in [0.717, 1.165) is 32.7 Å². The van der Waals surface area contributed by atoms with Crippen LogP contribution in [-0.4, -0.2) is 69.5 Å². The Morgan fingerprint density at radius 3 is 2.58 bits per heavy atom. The summed E-state index contributed by atoms with van der Waals surface area (Å²) in [5, 5.41) is 6.64. The summed E-state index contributed by atoms with van der Waals surface area (Å²) in [5.74, 6) is 0.761. The van der Waals surface area contributed by atoms with Gasteiger partial charge >= 0.3 is 10.5 Å². The molecule has 3 aromatic rings. The van der Waals surface area contributed by atoms with Crippen molar-refractivity contribution in [2.45, 2.75) is 19.0 Å². The zero-order valence-corrected chi connectivity index (χ0v) is 24.4. The van der Waals surface area contributed by atoms with Gasteiger partial charge in [-0.05, 0) is 61.2 Å². The van der Waals surface area contributed by atoms with Gasteiger partial charge in [-0.25, -0.2) is 4.98 Å². The third-order valence-electron chi connectivity index (χ3n) is 6.69. The summed E-state index contributed by atoms with van der Waals surface area (Å²) in [6.07, 6.45) is 2.32. The SMILES string of the molecule is COc1cc2c(cc1Nc1ncc(Cl)c(Nc3ccc(OS(=O)(=O)F)cc3P(C)(C)=O)n1)CN(C1COC1)CC2. The van der Waals surface area contributed by atoms with E-state index in [-0.39, 0.29) is 27.8 Å². The minimum atomic E-state index is -5.25. The van der Waals surface area contributed by atoms with Gasteiger partial charge in [-0.3, -0.25) is 4.90 Å². The van der Waals surface area contributed by atoms with Gasteiger partial charge in [-0.2, -0.15) is 13.4 Å². The first-order chi connectivity index (χ1) is 18.9. The number of methoxy groups -OCH3 is 1. The molecule has 0 aliphatic carbocycles. The van der Waals surface area contributed by atoms with E-state index in [0.29, 0.717) is 23.2 Å². The summed E-state index contributed by atoms with van der Waals surface area (Å²) in [7, 11) is -6.64. The molecule has 0 atom stereocenters. The van der Waals surface area contributed by atoms with Crippen LogP contribution in [0.25, 0.3) is 0 Å². The summed E-state index contributed by atoms with van der Waals surface area (Å²) in [4.78, 5) is 11.2. The fourth-order valence-electron chi connectivity index (χ4n) is 4.61. The number of hydrogen-bond donors (Lipinski definition) is 2. The van der Waals surface area contributed by atoms with Crippen molar-refractivity contribution in [3.8, 4) is 11.5 Å². The molecule has 0 saturated carbocycles. The molecule has 2 aromatic carbocycles. The highest BCUT2D eigenvalue weighted by atomic mass is 35.5. The first-order valence-electron chi connectivity index (χ1n) is 12.3. The second-order valence-electron chi connectivity index (χ2n) is 9.88. The van der Waals surface area contributed by atoms with Crippen molar-refractivity contribution in [2.75, 3.05) is 50.8 Å². The smallest absolute Gasteiger partial charge is 0.488 e. The minimum absolute atomic E-state index is 0.181. The van der Waals surface area contributed by atoms with Crippen LogP contribution in [0.15, 0.2) is 36.5 Å². The second-order valence-corrected chi connectivity index (χ2v) is 14.4. The van der Waals surface area contributed by atoms with Crippen LogP contribution in [0.4, 0.5) is 27.0 Å². The molecule has 214 valence electrons. The zero-order valence-electron chi connectivity index (χ0n) is 22.0. The molecule has 11 nitrogen and oxygen atoms in total. The van der Waals surface area contributed by atoms with Gasteiger partial charge in [0.25, 0.3) is 0 Å². The number of nitrogens with one attached hydrogen (secondary N) is 2. The summed E-state index contributed by atoms with van der Waals surface area (Å²) < 4.78 is 63.2. The lowest BCUT2D eigenvalue weighted by Gasteiger charge is -2.40. The van der Waals surface area contributed by atoms with Crippen molar-refractivity contribution in [1.82, 2.24) is 14.9 Å². The first kappa shape index (κ1) is 28.6. The molecular weight excluding hydrogens is 584 g/mol. The summed E-state index contributed by atoms with van der Waals surface area (Å²) in [6, 6.07) is 8.33. The quantitative estimate of drug-likeness (QED) is 0.266. The summed E-state index contributed by atoms with van der Waals surface area (Å²) in [6.45, 7) is 6.24. The van der Waals surface area contributed by atoms with Gasteiger partial charge in [0.05, 0.1) is 43.9 Å². The summed E-state index contributed by atoms with van der Waals surface area (Å²) in [5.41, 5.74) is 3.41. The topological polar surface area (TPSA) is 132 Å². The molecule has 0 unspecified atom stereocenters. The molecule has 2 N–H and O–H groups in total. The lowest BCUT2D eigenvalue weighted by atomic mass is 9.97. The molecule has 1 fully saturated rings. The highest BCUT2D eigenvalue weighted by Gasteiger charge is 2.29. The van der Waals surface area contributed by atoms with E-state index in [9.17, 15) is 16.9 Å². The number of hydrogen-bond acceptors (Lipinski definition) is 11. The fraction of sp³-hybridized carbons (Fsp3) is 0.360. The van der Waals surface area contributed by atoms with E-state index in [1.165, 1.54) is 48.9 Å². The van der Waals surface area contributed by atoms with E-state index in [1.807, 2.05) is 12.1 Å². The van der Waals surface area contributed by atoms with Gasteiger partial charge < -0.3 is 28.9 Å². The normalized spacial score (nSPS) is 16.1. The maximum absolute atomic E-state index is 13.1. The first-order valence-corrected chi connectivity index (χ1v) is 16.6. The maximum Gasteiger partial charge on any atom is 0.488 e. The van der Waals surface area contributed by atoms with E-state index in [1.54, 1.807) is 7.11 Å². The van der Waals surface area contributed by atoms with Gasteiger partial charge in [0, 0.05) is 18.4 Å². The number of benzene rings is 2. The Bertz CT molecular complexity index is 1600. The van der Waals surface area contributed by atoms with Crippen molar-refractivity contribution in [1.29, 1.82) is 0 Å². The standard InChI is InChI=1S/C25H28ClFN5O6PS/c1-36-22-9-15-6-7-32(17-13-37-14-17)12-16(15)8-21(22)30-25-28-11-19(26)24(31-25)29-20-5-4-18(38-40(27,34)35)10-23(20)39(2,3)33/h4-5,8-11,17H,6-7,12-14H2,1-3H3,(H2,28,29,30,31). The number of rotatable bonds is 9. The van der Waals surface area contributed by atoms with Crippen molar-refractivity contribution in [3.05, 3.63) is 52.7 Å². The molecule has 40 heavy (non-hydrogen) atoms. The molecule has 15 heteroatoms. The van der Waals surface area contributed by atoms with Crippen molar-refractivity contribution in [3.63, 3.8) is 0 Å². The molecule has 1 aromatic heterocycles. The predicted molar refractivity (Wildman–Crippen MR) is 152 cm³/mol. The van der Waals surface area contributed by atoms with Gasteiger partial charge in [-0.1, -0.05) is 15.5 Å². The lowest BCUT2D eigenvalue weighted by Crippen LogP contribution is -2.50. The van der Waals surface area contributed by atoms with E-state index in [4.69, 9.17) is 21.1 Å². The Kier molecular flexibility index (Phi) is 7.95. The Balaban J connectivity index is 1.42. The average molecular weight is 612 g/mol. The monoisotopic (exact) mass is 611 g/mol. The van der Waals surface area contributed by atoms with Crippen LogP contribution in [0.2, 0.25) is 5.02 Å². The summed E-state index contributed by atoms with van der Waals surface area (Å²) >= 11 is 6.37. The average Bonchev–Trinajstić information content (AvgIpc) is 2.84. The van der Waals surface area contributed by atoms with E-state index < -0.39 is 17.6 Å². The van der Waals surface area contributed by atoms with Gasteiger partial charge in [0.2, 0.25) is 5.95 Å². The number of halogens is 2. The number of fused-ring (bicyclic) bond motifs is 1. The van der Waals surface area contributed by atoms with Crippen molar-refractivity contribution in [2.24, 2.45) is 0 Å². The van der Waals surface area contributed by atoms with Crippen LogP contribution in [0.5, 0.6) is 11.5 Å². The Hall–Kier alpha value is -2.96. The van der Waals surface area contributed by atoms with E-state index in [2.05, 4.69) is 29.7 Å². The number of ether oxygens (including phenoxy) is 2. The Morgan fingerprint density at radius 2 is 1.93 bits per heavy atom. The molecule has 0 amide bonds. The molecule has 2 aliphatic heterocycles. The third kappa shape index (κ3) is 6.50. The highest BCUT2D eigenvalue weighted by molar-refractivity contribution is 7.81. The van der Waals surface area contributed by atoms with Crippen LogP contribution in [-0.2, 0) is 32.8 Å². The molecule has 5 rings (SSSR count). The van der Waals surface area contributed by atoms with Crippen molar-refractivity contribution >= 4 is 57.7 Å². The van der Waals surface area contributed by atoms with Crippen molar-refractivity contribution < 1.29 is 30.5 Å². The van der Waals surface area contributed by atoms with Gasteiger partial charge in [-0.15, -0.1) is 0 Å². The molecule has 1 saturated heterocycles. The fourth-order valence-corrected chi connectivity index (χ4v) is 6.23. The Labute approximate surface area is 236 Å². The number of aromatic nitrogens is 2. The van der Waals surface area contributed by atoms with Crippen LogP contribution in [0, 0.1) is 0 Å². The van der Waals surface area contributed by atoms with Gasteiger partial charge in [0.15, 0.2) is 5.82 Å². The third-order valence-corrected chi connectivity index (χ3v) is 8.89. The molecule has 2 aliphatic rings. The van der Waals surface area contributed by atoms with Crippen LogP contribution in [0.1, 0.15) is 11.1 Å². The van der Waals surface area contributed by atoms with Gasteiger partial charge in [0.1, 0.15) is 23.7 Å². The molecule has 0 bridgehead atoms. The molecular formula is C25H28ClFN5O6PS. The minimum Gasteiger partial charge on any atom is -0.495 e. The van der Waals surface area contributed by atoms with E-state index >= 15 is 0 Å². The second kappa shape index (κ2) is 11.1.